The molecule has 2 aliphatic rings. The van der Waals surface area contributed by atoms with Crippen LogP contribution in [0.2, 0.25) is 0 Å². The van der Waals surface area contributed by atoms with E-state index < -0.39 is 0 Å². The van der Waals surface area contributed by atoms with Gasteiger partial charge < -0.3 is 18.9 Å². The Kier molecular flexibility index (Phi) is 6.78. The summed E-state index contributed by atoms with van der Waals surface area (Å²) in [7, 11) is 3.00. The van der Waals surface area contributed by atoms with Crippen molar-refractivity contribution in [3.05, 3.63) is 92.6 Å². The molecule has 3 heterocycles. The fraction of sp³-hybridized carbons (Fsp3) is 0.357. The normalized spacial score (nSPS) is 15.6. The number of aromatic nitrogens is 1. The Balaban J connectivity index is 1.42. The summed E-state index contributed by atoms with van der Waals surface area (Å²) < 4.78 is 26.9. The Hall–Kier alpha value is -3.65. The zero-order valence-corrected chi connectivity index (χ0v) is 20.6. The van der Waals surface area contributed by atoms with Gasteiger partial charge in [-0.05, 0) is 23.6 Å². The maximum absolute atomic E-state index is 14.6. The summed E-state index contributed by atoms with van der Waals surface area (Å²) in [5.74, 6) is 0.336. The maximum Gasteiger partial charge on any atom is 0.259 e. The second kappa shape index (κ2) is 10.1. The average molecular weight is 492 g/mol. The summed E-state index contributed by atoms with van der Waals surface area (Å²) in [4.78, 5) is 30.7. The Morgan fingerprint density at radius 2 is 1.75 bits per heavy atom. The number of amides is 1. The molecule has 7 nitrogen and oxygen atoms in total. The Morgan fingerprint density at radius 3 is 2.50 bits per heavy atom. The monoisotopic (exact) mass is 491 g/mol. The third-order valence-corrected chi connectivity index (χ3v) is 7.19. The lowest BCUT2D eigenvalue weighted by atomic mass is 9.98. The molecule has 2 aliphatic heterocycles. The quantitative estimate of drug-likeness (QED) is 0.548. The number of hydrogen-bond donors (Lipinski definition) is 0. The molecular weight excluding hydrogens is 461 g/mol. The molecule has 0 bridgehead atoms. The van der Waals surface area contributed by atoms with Gasteiger partial charge in [0.25, 0.3) is 11.5 Å². The van der Waals surface area contributed by atoms with Crippen LogP contribution in [0.4, 0.5) is 4.39 Å². The molecule has 2 aromatic carbocycles. The Bertz CT molecular complexity index is 1350. The minimum atomic E-state index is -0.323. The first-order valence-electron chi connectivity index (χ1n) is 12.2. The molecule has 0 N–H and O–H groups in total. The van der Waals surface area contributed by atoms with Gasteiger partial charge in [0.15, 0.2) is 0 Å². The molecule has 0 unspecified atom stereocenters. The predicted octanol–water partition coefficient (Wildman–Crippen LogP) is 3.26. The van der Waals surface area contributed by atoms with Crippen LogP contribution in [0.15, 0.2) is 53.3 Å². The molecule has 188 valence electrons. The van der Waals surface area contributed by atoms with Crippen molar-refractivity contribution in [3.63, 3.8) is 0 Å². The fourth-order valence-corrected chi connectivity index (χ4v) is 5.19. The van der Waals surface area contributed by atoms with Crippen molar-refractivity contribution < 1.29 is 18.7 Å². The van der Waals surface area contributed by atoms with Crippen LogP contribution in [0, 0.1) is 5.82 Å². The van der Waals surface area contributed by atoms with Crippen LogP contribution >= 0.6 is 0 Å². The predicted molar refractivity (Wildman–Crippen MR) is 134 cm³/mol. The van der Waals surface area contributed by atoms with Crippen LogP contribution in [0.3, 0.4) is 0 Å². The van der Waals surface area contributed by atoms with Crippen LogP contribution in [-0.2, 0) is 32.5 Å². The minimum absolute atomic E-state index is 0.125. The number of rotatable bonds is 5. The van der Waals surface area contributed by atoms with Gasteiger partial charge in [0, 0.05) is 69.1 Å². The highest BCUT2D eigenvalue weighted by atomic mass is 19.1. The highest BCUT2D eigenvalue weighted by Gasteiger charge is 2.30. The number of benzene rings is 2. The van der Waals surface area contributed by atoms with Crippen LogP contribution in [-0.4, -0.2) is 54.1 Å². The summed E-state index contributed by atoms with van der Waals surface area (Å²) >= 11 is 0. The van der Waals surface area contributed by atoms with Crippen molar-refractivity contribution in [1.82, 2.24) is 14.4 Å². The first-order valence-corrected chi connectivity index (χ1v) is 12.2. The molecule has 3 aromatic rings. The fourth-order valence-electron chi connectivity index (χ4n) is 5.19. The number of carbonyl (C=O) groups is 1. The van der Waals surface area contributed by atoms with E-state index in [9.17, 15) is 14.0 Å². The molecule has 1 amide bonds. The van der Waals surface area contributed by atoms with Gasteiger partial charge in [-0.2, -0.15) is 0 Å². The van der Waals surface area contributed by atoms with Crippen LogP contribution in [0.1, 0.15) is 32.7 Å². The second-order valence-electron chi connectivity index (χ2n) is 9.25. The number of hydrogen-bond acceptors (Lipinski definition) is 5. The molecule has 0 atom stereocenters. The molecule has 0 spiro atoms. The highest BCUT2D eigenvalue weighted by Crippen LogP contribution is 2.28. The third kappa shape index (κ3) is 4.60. The Labute approximate surface area is 209 Å². The van der Waals surface area contributed by atoms with E-state index in [1.165, 1.54) is 31.9 Å². The maximum atomic E-state index is 14.6. The van der Waals surface area contributed by atoms with Gasteiger partial charge in [-0.15, -0.1) is 0 Å². The van der Waals surface area contributed by atoms with E-state index in [2.05, 4.69) is 17.0 Å². The minimum Gasteiger partial charge on any atom is -0.497 e. The van der Waals surface area contributed by atoms with Crippen LogP contribution < -0.4 is 15.0 Å². The van der Waals surface area contributed by atoms with Gasteiger partial charge in [0.05, 0.1) is 14.2 Å². The van der Waals surface area contributed by atoms with Gasteiger partial charge in [-0.25, -0.2) is 4.39 Å². The highest BCUT2D eigenvalue weighted by molar-refractivity contribution is 5.98. The van der Waals surface area contributed by atoms with Gasteiger partial charge in [-0.3, -0.25) is 14.5 Å². The van der Waals surface area contributed by atoms with Gasteiger partial charge in [-0.1, -0.05) is 30.3 Å². The molecule has 0 fully saturated rings. The Morgan fingerprint density at radius 1 is 0.944 bits per heavy atom. The molecule has 8 heteroatoms. The SMILES string of the molecule is COc1ccc(CN2CCc3c(C(=O)N4CCc5ccccc5C4)c(OC)cc(=O)n3CC2)c(F)c1. The second-order valence-corrected chi connectivity index (χ2v) is 9.25. The summed E-state index contributed by atoms with van der Waals surface area (Å²) in [5.41, 5.74) is 3.91. The molecule has 0 saturated heterocycles. The average Bonchev–Trinajstić information content (AvgIpc) is 3.12. The lowest BCUT2D eigenvalue weighted by Gasteiger charge is -2.30. The topological polar surface area (TPSA) is 64.0 Å². The first-order chi connectivity index (χ1) is 17.5. The smallest absolute Gasteiger partial charge is 0.259 e. The number of fused-ring (bicyclic) bond motifs is 2. The summed E-state index contributed by atoms with van der Waals surface area (Å²) in [5, 5.41) is 0. The lowest BCUT2D eigenvalue weighted by molar-refractivity contribution is 0.0728. The largest absolute Gasteiger partial charge is 0.497 e. The molecular formula is C28H30FN3O4. The van der Waals surface area contributed by atoms with E-state index in [4.69, 9.17) is 9.47 Å². The van der Waals surface area contributed by atoms with Gasteiger partial charge in [0.2, 0.25) is 0 Å². The van der Waals surface area contributed by atoms with Crippen LogP contribution in [0.25, 0.3) is 0 Å². The first kappa shape index (κ1) is 24.1. The number of carbonyl (C=O) groups excluding carboxylic acids is 1. The molecule has 1 aromatic heterocycles. The lowest BCUT2D eigenvalue weighted by Crippen LogP contribution is -2.38. The number of ether oxygens (including phenoxy) is 2. The van der Waals surface area contributed by atoms with E-state index in [0.717, 1.165) is 12.0 Å². The van der Waals surface area contributed by atoms with Crippen molar-refractivity contribution in [1.29, 1.82) is 0 Å². The van der Waals surface area contributed by atoms with Gasteiger partial charge in [0.1, 0.15) is 22.9 Å². The van der Waals surface area contributed by atoms with E-state index in [0.29, 0.717) is 74.0 Å². The molecule has 0 aliphatic carbocycles. The summed E-state index contributed by atoms with van der Waals surface area (Å²) in [6, 6.07) is 14.4. The van der Waals surface area contributed by atoms with Crippen molar-refractivity contribution >= 4 is 5.91 Å². The van der Waals surface area contributed by atoms with Crippen molar-refractivity contribution in [2.45, 2.75) is 32.5 Å². The van der Waals surface area contributed by atoms with Crippen molar-refractivity contribution in [2.75, 3.05) is 33.9 Å². The summed E-state index contributed by atoms with van der Waals surface area (Å²) in [6.45, 7) is 3.11. The molecule has 36 heavy (non-hydrogen) atoms. The van der Waals surface area contributed by atoms with E-state index >= 15 is 0 Å². The van der Waals surface area contributed by atoms with Crippen molar-refractivity contribution in [3.8, 4) is 11.5 Å². The van der Waals surface area contributed by atoms with Crippen molar-refractivity contribution in [2.24, 2.45) is 0 Å². The number of methoxy groups -OCH3 is 2. The number of halogens is 1. The van der Waals surface area contributed by atoms with E-state index in [1.807, 2.05) is 17.0 Å². The zero-order chi connectivity index (χ0) is 25.2. The van der Waals surface area contributed by atoms with Crippen LogP contribution in [0.5, 0.6) is 11.5 Å². The number of nitrogens with zero attached hydrogens (tertiary/aromatic N) is 3. The summed E-state index contributed by atoms with van der Waals surface area (Å²) in [6.07, 6.45) is 1.27. The van der Waals surface area contributed by atoms with Gasteiger partial charge >= 0.3 is 0 Å². The van der Waals surface area contributed by atoms with E-state index in [1.54, 1.807) is 16.7 Å². The third-order valence-electron chi connectivity index (χ3n) is 7.19. The van der Waals surface area contributed by atoms with E-state index in [-0.39, 0.29) is 17.3 Å². The standard InChI is InChI=1S/C28H30FN3O4/c1-35-22-8-7-21(23(29)15-22)17-30-11-10-24-27(25(36-2)16-26(33)32(24)14-13-30)28(34)31-12-9-19-5-3-4-6-20(19)18-31/h3-8,15-16H,9-14,17-18H2,1-2H3. The molecule has 0 radical (unpaired) electrons. The number of pyridine rings is 1. The zero-order valence-electron chi connectivity index (χ0n) is 20.6. The molecule has 5 rings (SSSR count). The molecule has 0 saturated carbocycles.